The van der Waals surface area contributed by atoms with Crippen molar-refractivity contribution in [2.45, 2.75) is 6.61 Å². The molecule has 134 valence electrons. The van der Waals surface area contributed by atoms with Crippen molar-refractivity contribution in [2.75, 3.05) is 14.2 Å². The third-order valence-corrected chi connectivity index (χ3v) is 3.88. The second-order valence-corrected chi connectivity index (χ2v) is 5.68. The average molecular weight is 374 g/mol. The highest BCUT2D eigenvalue weighted by molar-refractivity contribution is 6.30. The van der Waals surface area contributed by atoms with Gasteiger partial charge in [0.15, 0.2) is 23.9 Å². The predicted octanol–water partition coefficient (Wildman–Crippen LogP) is 4.37. The van der Waals surface area contributed by atoms with Gasteiger partial charge in [0.2, 0.25) is 5.89 Å². The van der Waals surface area contributed by atoms with Gasteiger partial charge in [-0.05, 0) is 36.4 Å². The largest absolute Gasteiger partial charge is 0.493 e. The van der Waals surface area contributed by atoms with Crippen LogP contribution in [0.15, 0.2) is 53.1 Å². The Morgan fingerprint density at radius 2 is 1.88 bits per heavy atom. The Bertz CT molecular complexity index is 905. The number of benzene rings is 2. The molecule has 1 aromatic heterocycles. The normalized spacial score (nSPS) is 10.4. The van der Waals surface area contributed by atoms with Gasteiger partial charge in [-0.15, -0.1) is 0 Å². The maximum Gasteiger partial charge on any atom is 0.342 e. The molecule has 1 heterocycles. The summed E-state index contributed by atoms with van der Waals surface area (Å²) in [6.07, 6.45) is 1.57. The van der Waals surface area contributed by atoms with Crippen LogP contribution < -0.4 is 9.47 Å². The number of oxazole rings is 1. The topological polar surface area (TPSA) is 70.8 Å². The highest BCUT2D eigenvalue weighted by atomic mass is 35.5. The second kappa shape index (κ2) is 7.93. The molecule has 0 bridgehead atoms. The van der Waals surface area contributed by atoms with Crippen LogP contribution in [0, 0.1) is 0 Å². The first kappa shape index (κ1) is 17.8. The quantitative estimate of drug-likeness (QED) is 0.597. The van der Waals surface area contributed by atoms with E-state index in [1.54, 1.807) is 36.5 Å². The highest BCUT2D eigenvalue weighted by Gasteiger charge is 2.18. The molecule has 0 aliphatic heterocycles. The molecule has 6 nitrogen and oxygen atoms in total. The first-order valence-electron chi connectivity index (χ1n) is 7.71. The molecule has 3 aromatic rings. The number of rotatable bonds is 6. The molecule has 0 aliphatic rings. The van der Waals surface area contributed by atoms with Gasteiger partial charge in [-0.25, -0.2) is 9.78 Å². The Kier molecular flexibility index (Phi) is 5.43. The molecule has 0 unspecified atom stereocenters. The van der Waals surface area contributed by atoms with Gasteiger partial charge in [-0.3, -0.25) is 0 Å². The summed E-state index contributed by atoms with van der Waals surface area (Å²) < 4.78 is 21.3. The van der Waals surface area contributed by atoms with Crippen molar-refractivity contribution in [3.05, 3.63) is 65.1 Å². The van der Waals surface area contributed by atoms with E-state index in [0.717, 1.165) is 5.56 Å². The Morgan fingerprint density at radius 1 is 1.12 bits per heavy atom. The number of ether oxygens (including phenoxy) is 3. The number of carbonyl (C=O) groups excluding carboxylic acids is 1. The fourth-order valence-corrected chi connectivity index (χ4v) is 2.50. The number of aromatic nitrogens is 1. The van der Waals surface area contributed by atoms with E-state index < -0.39 is 5.97 Å². The number of carbonyl (C=O) groups is 1. The van der Waals surface area contributed by atoms with E-state index in [1.807, 2.05) is 12.1 Å². The van der Waals surface area contributed by atoms with Crippen molar-refractivity contribution in [3.63, 3.8) is 0 Å². The van der Waals surface area contributed by atoms with E-state index in [2.05, 4.69) is 4.98 Å². The van der Waals surface area contributed by atoms with Crippen LogP contribution in [0.4, 0.5) is 0 Å². The zero-order chi connectivity index (χ0) is 18.5. The van der Waals surface area contributed by atoms with Gasteiger partial charge in [0, 0.05) is 10.6 Å². The van der Waals surface area contributed by atoms with E-state index in [1.165, 1.54) is 14.2 Å². The highest BCUT2D eigenvalue weighted by Crippen LogP contribution is 2.31. The lowest BCUT2D eigenvalue weighted by atomic mass is 10.2. The third-order valence-electron chi connectivity index (χ3n) is 3.63. The van der Waals surface area contributed by atoms with Crippen LogP contribution in [-0.2, 0) is 11.3 Å². The van der Waals surface area contributed by atoms with Gasteiger partial charge in [0.25, 0.3) is 0 Å². The molecule has 26 heavy (non-hydrogen) atoms. The van der Waals surface area contributed by atoms with Crippen molar-refractivity contribution >= 4 is 17.6 Å². The fourth-order valence-electron chi connectivity index (χ4n) is 2.38. The number of esters is 1. The molecule has 0 atom stereocenters. The van der Waals surface area contributed by atoms with E-state index in [-0.39, 0.29) is 18.1 Å². The first-order valence-corrected chi connectivity index (χ1v) is 8.09. The number of hydrogen-bond acceptors (Lipinski definition) is 6. The van der Waals surface area contributed by atoms with Crippen LogP contribution in [-0.4, -0.2) is 25.2 Å². The Labute approximate surface area is 155 Å². The van der Waals surface area contributed by atoms with Crippen LogP contribution >= 0.6 is 11.6 Å². The summed E-state index contributed by atoms with van der Waals surface area (Å²) in [6.45, 7) is -0.104. The smallest absolute Gasteiger partial charge is 0.342 e. The van der Waals surface area contributed by atoms with Crippen LogP contribution in [0.25, 0.3) is 11.3 Å². The van der Waals surface area contributed by atoms with Gasteiger partial charge >= 0.3 is 5.97 Å². The van der Waals surface area contributed by atoms with Crippen molar-refractivity contribution < 1.29 is 23.4 Å². The average Bonchev–Trinajstić information content (AvgIpc) is 3.14. The monoisotopic (exact) mass is 373 g/mol. The summed E-state index contributed by atoms with van der Waals surface area (Å²) >= 11 is 5.87. The van der Waals surface area contributed by atoms with Gasteiger partial charge in [-0.2, -0.15) is 0 Å². The zero-order valence-electron chi connectivity index (χ0n) is 14.2. The van der Waals surface area contributed by atoms with Crippen molar-refractivity contribution in [1.82, 2.24) is 4.98 Å². The molecule has 0 amide bonds. The molecule has 0 fully saturated rings. The Hall–Kier alpha value is -2.99. The van der Waals surface area contributed by atoms with Crippen molar-refractivity contribution in [2.24, 2.45) is 0 Å². The molecule has 0 saturated heterocycles. The third kappa shape index (κ3) is 3.81. The maximum atomic E-state index is 12.3. The molecular weight excluding hydrogens is 358 g/mol. The van der Waals surface area contributed by atoms with Crippen LogP contribution in [0.1, 0.15) is 16.2 Å². The number of halogens is 1. The molecule has 0 radical (unpaired) electrons. The van der Waals surface area contributed by atoms with E-state index >= 15 is 0 Å². The molecule has 0 spiro atoms. The van der Waals surface area contributed by atoms with E-state index in [0.29, 0.717) is 22.3 Å². The summed E-state index contributed by atoms with van der Waals surface area (Å²) in [7, 11) is 2.96. The summed E-state index contributed by atoms with van der Waals surface area (Å²) in [6, 6.07) is 12.1. The summed E-state index contributed by atoms with van der Waals surface area (Å²) in [4.78, 5) is 16.5. The molecular formula is C19H16ClNO5. The lowest BCUT2D eigenvalue weighted by Crippen LogP contribution is -2.08. The molecule has 3 rings (SSSR count). The molecule has 7 heteroatoms. The minimum atomic E-state index is -0.563. The Balaban J connectivity index is 1.70. The number of methoxy groups -OCH3 is 2. The number of para-hydroxylation sites is 1. The first-order chi connectivity index (χ1) is 12.6. The predicted molar refractivity (Wildman–Crippen MR) is 95.6 cm³/mol. The fraction of sp³-hybridized carbons (Fsp3) is 0.158. The molecule has 0 saturated carbocycles. The standard InChI is InChI=1S/C19H16ClNO5/c1-23-15-5-3-4-14(18(15)24-2)19(22)25-11-17-21-10-16(26-17)12-6-8-13(20)9-7-12/h3-10H,11H2,1-2H3. The molecule has 0 aliphatic carbocycles. The SMILES string of the molecule is COc1cccc(C(=O)OCc2ncc(-c3ccc(Cl)cc3)o2)c1OC. The summed E-state index contributed by atoms with van der Waals surface area (Å²) in [5.41, 5.74) is 1.09. The van der Waals surface area contributed by atoms with Gasteiger partial charge in [0.05, 0.1) is 20.4 Å². The van der Waals surface area contributed by atoms with Gasteiger partial charge in [0.1, 0.15) is 5.56 Å². The number of hydrogen-bond donors (Lipinski definition) is 0. The minimum Gasteiger partial charge on any atom is -0.493 e. The summed E-state index contributed by atoms with van der Waals surface area (Å²) in [5.74, 6) is 1.04. The second-order valence-electron chi connectivity index (χ2n) is 5.24. The van der Waals surface area contributed by atoms with Crippen LogP contribution in [0.2, 0.25) is 5.02 Å². The van der Waals surface area contributed by atoms with Gasteiger partial charge in [-0.1, -0.05) is 17.7 Å². The number of nitrogens with zero attached hydrogens (tertiary/aromatic N) is 1. The van der Waals surface area contributed by atoms with Crippen molar-refractivity contribution in [3.8, 4) is 22.8 Å². The van der Waals surface area contributed by atoms with Crippen LogP contribution in [0.5, 0.6) is 11.5 Å². The van der Waals surface area contributed by atoms with E-state index in [4.69, 9.17) is 30.2 Å². The maximum absolute atomic E-state index is 12.3. The van der Waals surface area contributed by atoms with Crippen molar-refractivity contribution in [1.29, 1.82) is 0 Å². The van der Waals surface area contributed by atoms with Crippen LogP contribution in [0.3, 0.4) is 0 Å². The van der Waals surface area contributed by atoms with Gasteiger partial charge < -0.3 is 18.6 Å². The summed E-state index contributed by atoms with van der Waals surface area (Å²) in [5, 5.41) is 0.634. The van der Waals surface area contributed by atoms with E-state index in [9.17, 15) is 4.79 Å². The molecule has 2 aromatic carbocycles. The zero-order valence-corrected chi connectivity index (χ0v) is 14.9. The Morgan fingerprint density at radius 3 is 2.58 bits per heavy atom. The molecule has 0 N–H and O–H groups in total. The lowest BCUT2D eigenvalue weighted by molar-refractivity contribution is 0.0434. The minimum absolute atomic E-state index is 0.104. The lowest BCUT2D eigenvalue weighted by Gasteiger charge is -2.11.